The Kier molecular flexibility index (Phi) is 3.85. The van der Waals surface area contributed by atoms with Gasteiger partial charge in [0.1, 0.15) is 0 Å². The number of ether oxygens (including phenoxy) is 1. The molecular weight excluding hydrogens is 199 g/mol. The largest absolute Gasteiger partial charge is 0.494 e. The molecule has 0 aromatic heterocycles. The number of carboxylic acid groups (broad SMARTS) is 1. The molecule has 0 aliphatic heterocycles. The summed E-state index contributed by atoms with van der Waals surface area (Å²) in [5.74, 6) is -1.19. The zero-order valence-corrected chi connectivity index (χ0v) is 8.24. The molecule has 0 saturated heterocycles. The van der Waals surface area contributed by atoms with Gasteiger partial charge in [0.15, 0.2) is 11.6 Å². The van der Waals surface area contributed by atoms with Gasteiger partial charge in [0.25, 0.3) is 0 Å². The van der Waals surface area contributed by atoms with Crippen LogP contribution >= 0.6 is 0 Å². The molecule has 0 bridgehead atoms. The molecule has 80 valence electrons. The van der Waals surface area contributed by atoms with E-state index in [1.807, 2.05) is 0 Å². The van der Waals surface area contributed by atoms with Crippen LogP contribution in [0.4, 0.5) is 4.39 Å². The van der Waals surface area contributed by atoms with Crippen molar-refractivity contribution in [1.29, 1.82) is 0 Å². The van der Waals surface area contributed by atoms with Crippen LogP contribution in [0.3, 0.4) is 0 Å². The first-order valence-electron chi connectivity index (χ1n) is 4.35. The predicted octanol–water partition coefficient (Wildman–Crippen LogP) is 2.32. The van der Waals surface area contributed by atoms with Crippen LogP contribution in [0.15, 0.2) is 24.3 Å². The van der Waals surface area contributed by atoms with Gasteiger partial charge in [-0.3, -0.25) is 4.79 Å². The minimum Gasteiger partial charge on any atom is -0.494 e. The second kappa shape index (κ2) is 5.14. The first-order valence-corrected chi connectivity index (χ1v) is 4.35. The Balaban J connectivity index is 2.78. The maximum absolute atomic E-state index is 13.0. The lowest BCUT2D eigenvalue weighted by molar-refractivity contribution is -0.135. The van der Waals surface area contributed by atoms with Crippen molar-refractivity contribution in [3.05, 3.63) is 35.7 Å². The number of carbonyl (C=O) groups is 1. The molecule has 15 heavy (non-hydrogen) atoms. The number of halogens is 1. The highest BCUT2D eigenvalue weighted by atomic mass is 19.1. The molecule has 4 heteroatoms. The van der Waals surface area contributed by atoms with Crippen LogP contribution < -0.4 is 4.74 Å². The van der Waals surface area contributed by atoms with Crippen molar-refractivity contribution in [2.75, 3.05) is 7.11 Å². The van der Waals surface area contributed by atoms with Gasteiger partial charge in [-0.15, -0.1) is 0 Å². The number of rotatable bonds is 4. The predicted molar refractivity (Wildman–Crippen MR) is 54.2 cm³/mol. The smallest absolute Gasteiger partial charge is 0.307 e. The third-order valence-corrected chi connectivity index (χ3v) is 1.78. The SMILES string of the molecule is COc1cc(/C=C\CC(=O)O)ccc1F. The lowest BCUT2D eigenvalue weighted by Gasteiger charge is -2.01. The summed E-state index contributed by atoms with van der Waals surface area (Å²) in [7, 11) is 1.38. The molecule has 0 spiro atoms. The zero-order chi connectivity index (χ0) is 11.3. The molecule has 1 N–H and O–H groups in total. The first kappa shape index (κ1) is 11.2. The molecule has 0 amide bonds. The Morgan fingerprint density at radius 3 is 2.93 bits per heavy atom. The summed E-state index contributed by atoms with van der Waals surface area (Å²) < 4.78 is 17.8. The fraction of sp³-hybridized carbons (Fsp3) is 0.182. The van der Waals surface area contributed by atoms with E-state index in [4.69, 9.17) is 9.84 Å². The number of carboxylic acids is 1. The van der Waals surface area contributed by atoms with Crippen LogP contribution in [0.1, 0.15) is 12.0 Å². The molecule has 0 aliphatic carbocycles. The molecule has 1 aromatic carbocycles. The van der Waals surface area contributed by atoms with Crippen molar-refractivity contribution in [2.45, 2.75) is 6.42 Å². The summed E-state index contributed by atoms with van der Waals surface area (Å²) in [5, 5.41) is 8.40. The minimum absolute atomic E-state index is 0.0559. The summed E-state index contributed by atoms with van der Waals surface area (Å²) in [4.78, 5) is 10.2. The Labute approximate surface area is 86.8 Å². The van der Waals surface area contributed by atoms with Crippen molar-refractivity contribution in [3.8, 4) is 5.75 Å². The topological polar surface area (TPSA) is 46.5 Å². The molecule has 0 saturated carbocycles. The number of hydrogen-bond donors (Lipinski definition) is 1. The zero-order valence-electron chi connectivity index (χ0n) is 8.24. The number of hydrogen-bond acceptors (Lipinski definition) is 2. The number of benzene rings is 1. The van der Waals surface area contributed by atoms with E-state index < -0.39 is 11.8 Å². The Hall–Kier alpha value is -1.84. The fourth-order valence-electron chi connectivity index (χ4n) is 1.08. The average Bonchev–Trinajstić information content (AvgIpc) is 2.20. The second-order valence-electron chi connectivity index (χ2n) is 2.89. The molecule has 0 heterocycles. The molecular formula is C11H11FO3. The van der Waals surface area contributed by atoms with E-state index in [0.29, 0.717) is 5.56 Å². The second-order valence-corrected chi connectivity index (χ2v) is 2.89. The maximum atomic E-state index is 13.0. The van der Waals surface area contributed by atoms with Gasteiger partial charge in [-0.1, -0.05) is 18.2 Å². The molecule has 0 radical (unpaired) electrons. The highest BCUT2D eigenvalue weighted by Crippen LogP contribution is 2.18. The molecule has 3 nitrogen and oxygen atoms in total. The van der Waals surface area contributed by atoms with Crippen molar-refractivity contribution in [1.82, 2.24) is 0 Å². The van der Waals surface area contributed by atoms with Crippen LogP contribution in [-0.2, 0) is 4.79 Å². The Morgan fingerprint density at radius 2 is 2.33 bits per heavy atom. The van der Waals surface area contributed by atoms with E-state index in [9.17, 15) is 9.18 Å². The molecule has 0 unspecified atom stereocenters. The van der Waals surface area contributed by atoms with Crippen molar-refractivity contribution in [2.24, 2.45) is 0 Å². The van der Waals surface area contributed by atoms with Gasteiger partial charge in [-0.05, 0) is 17.7 Å². The lowest BCUT2D eigenvalue weighted by Crippen LogP contribution is -1.90. The molecule has 0 fully saturated rings. The van der Waals surface area contributed by atoms with Crippen molar-refractivity contribution in [3.63, 3.8) is 0 Å². The summed E-state index contributed by atoms with van der Waals surface area (Å²) in [6, 6.07) is 4.34. The molecule has 0 atom stereocenters. The average molecular weight is 210 g/mol. The fourth-order valence-corrected chi connectivity index (χ4v) is 1.08. The van der Waals surface area contributed by atoms with Gasteiger partial charge in [0.2, 0.25) is 0 Å². The van der Waals surface area contributed by atoms with Crippen LogP contribution in [0.2, 0.25) is 0 Å². The molecule has 1 aromatic rings. The van der Waals surface area contributed by atoms with Gasteiger partial charge in [-0.25, -0.2) is 4.39 Å². The van der Waals surface area contributed by atoms with E-state index in [1.54, 1.807) is 12.1 Å². The minimum atomic E-state index is -0.902. The van der Waals surface area contributed by atoms with E-state index in [-0.39, 0.29) is 12.2 Å². The number of methoxy groups -OCH3 is 1. The van der Waals surface area contributed by atoms with Gasteiger partial charge < -0.3 is 9.84 Å². The van der Waals surface area contributed by atoms with Crippen molar-refractivity contribution >= 4 is 12.0 Å². The summed E-state index contributed by atoms with van der Waals surface area (Å²) in [6.45, 7) is 0. The first-order chi connectivity index (χ1) is 7.13. The van der Waals surface area contributed by atoms with Gasteiger partial charge in [-0.2, -0.15) is 0 Å². The highest BCUT2D eigenvalue weighted by molar-refractivity contribution is 5.70. The van der Waals surface area contributed by atoms with E-state index >= 15 is 0 Å². The third-order valence-electron chi connectivity index (χ3n) is 1.78. The standard InChI is InChI=1S/C11H11FO3/c1-15-10-7-8(5-6-9(10)12)3-2-4-11(13)14/h2-3,5-7H,4H2,1H3,(H,13,14)/b3-2-. The Bertz CT molecular complexity index is 385. The summed E-state index contributed by atoms with van der Waals surface area (Å²) >= 11 is 0. The van der Waals surface area contributed by atoms with Gasteiger partial charge in [0.05, 0.1) is 13.5 Å². The van der Waals surface area contributed by atoms with E-state index in [2.05, 4.69) is 0 Å². The van der Waals surface area contributed by atoms with Crippen molar-refractivity contribution < 1.29 is 19.0 Å². The number of aliphatic carboxylic acids is 1. The van der Waals surface area contributed by atoms with Crippen LogP contribution in [-0.4, -0.2) is 18.2 Å². The van der Waals surface area contributed by atoms with Gasteiger partial charge >= 0.3 is 5.97 Å². The molecule has 1 rings (SSSR count). The highest BCUT2D eigenvalue weighted by Gasteiger charge is 2.01. The van der Waals surface area contributed by atoms with E-state index in [0.717, 1.165) is 0 Å². The lowest BCUT2D eigenvalue weighted by atomic mass is 10.2. The quantitative estimate of drug-likeness (QED) is 0.829. The maximum Gasteiger partial charge on any atom is 0.307 e. The third kappa shape index (κ3) is 3.42. The summed E-state index contributed by atoms with van der Waals surface area (Å²) in [5.41, 5.74) is 0.703. The normalized spacial score (nSPS) is 10.5. The Morgan fingerprint density at radius 1 is 1.60 bits per heavy atom. The van der Waals surface area contributed by atoms with Crippen LogP contribution in [0.25, 0.3) is 6.08 Å². The van der Waals surface area contributed by atoms with Gasteiger partial charge in [0, 0.05) is 0 Å². The monoisotopic (exact) mass is 210 g/mol. The van der Waals surface area contributed by atoms with Crippen LogP contribution in [0, 0.1) is 5.82 Å². The molecule has 0 aliphatic rings. The van der Waals surface area contributed by atoms with E-state index in [1.165, 1.54) is 25.3 Å². The van der Waals surface area contributed by atoms with Crippen LogP contribution in [0.5, 0.6) is 5.75 Å². The summed E-state index contributed by atoms with van der Waals surface area (Å²) in [6.07, 6.45) is 3.05.